The highest BCUT2D eigenvalue weighted by Crippen LogP contribution is 2.38. The third-order valence-corrected chi connectivity index (χ3v) is 3.47. The number of aromatic nitrogens is 2. The van der Waals surface area contributed by atoms with Crippen molar-refractivity contribution in [2.45, 2.75) is 18.8 Å². The summed E-state index contributed by atoms with van der Waals surface area (Å²) in [6.07, 6.45) is 2.29. The maximum Gasteiger partial charge on any atom is 0.241 e. The highest BCUT2D eigenvalue weighted by molar-refractivity contribution is 5.82. The Morgan fingerprint density at radius 3 is 2.78 bits per heavy atom. The quantitative estimate of drug-likeness (QED) is 0.808. The van der Waals surface area contributed by atoms with E-state index in [4.69, 9.17) is 5.73 Å². The van der Waals surface area contributed by atoms with Crippen molar-refractivity contribution < 1.29 is 4.79 Å². The fraction of sp³-hybridized carbons (Fsp3) is 0.583. The van der Waals surface area contributed by atoms with Gasteiger partial charge in [-0.2, -0.15) is 0 Å². The van der Waals surface area contributed by atoms with Crippen LogP contribution in [0.25, 0.3) is 0 Å². The Bertz CT molecular complexity index is 485. The van der Waals surface area contributed by atoms with Gasteiger partial charge in [0, 0.05) is 32.1 Å². The smallest absolute Gasteiger partial charge is 0.241 e. The molecule has 2 heterocycles. The van der Waals surface area contributed by atoms with Crippen LogP contribution in [0.5, 0.6) is 0 Å². The summed E-state index contributed by atoms with van der Waals surface area (Å²) in [6.45, 7) is 1.89. The van der Waals surface area contributed by atoms with E-state index in [0.717, 1.165) is 37.6 Å². The number of rotatable bonds is 2. The number of nitrogen functional groups attached to an aromatic ring is 1. The molecule has 0 atom stereocenters. The summed E-state index contributed by atoms with van der Waals surface area (Å²) in [5.41, 5.74) is 5.82. The second-order valence-corrected chi connectivity index (χ2v) is 5.02. The minimum atomic E-state index is 0.117. The molecule has 2 fully saturated rings. The molecular formula is C12H17N5O. The summed E-state index contributed by atoms with van der Waals surface area (Å²) in [7, 11) is 1.82. The molecule has 1 aromatic rings. The maximum atomic E-state index is 11.7. The zero-order chi connectivity index (χ0) is 12.7. The Morgan fingerprint density at radius 1 is 1.33 bits per heavy atom. The van der Waals surface area contributed by atoms with E-state index >= 15 is 0 Å². The minimum Gasteiger partial charge on any atom is -0.384 e. The molecule has 0 unspecified atom stereocenters. The van der Waals surface area contributed by atoms with Crippen LogP contribution >= 0.6 is 0 Å². The first-order valence-electron chi connectivity index (χ1n) is 6.27. The molecule has 1 amide bonds. The van der Waals surface area contributed by atoms with Gasteiger partial charge in [-0.1, -0.05) is 0 Å². The molecule has 0 radical (unpaired) electrons. The lowest BCUT2D eigenvalue weighted by Gasteiger charge is -2.32. The number of amides is 1. The molecule has 0 spiro atoms. The topological polar surface area (TPSA) is 75.3 Å². The third-order valence-electron chi connectivity index (χ3n) is 3.47. The van der Waals surface area contributed by atoms with Gasteiger partial charge in [0.05, 0.1) is 6.54 Å². The van der Waals surface area contributed by atoms with Gasteiger partial charge < -0.3 is 15.5 Å². The van der Waals surface area contributed by atoms with Crippen LogP contribution in [0.3, 0.4) is 0 Å². The number of hydrogen-bond donors (Lipinski definition) is 1. The Hall–Kier alpha value is -1.85. The highest BCUT2D eigenvalue weighted by Gasteiger charge is 2.29. The van der Waals surface area contributed by atoms with E-state index < -0.39 is 0 Å². The highest BCUT2D eigenvalue weighted by atomic mass is 16.2. The SMILES string of the molecule is CN1CCN(c2cc(N)nc(C3CC3)n2)CC1=O. The van der Waals surface area contributed by atoms with E-state index in [-0.39, 0.29) is 5.91 Å². The second kappa shape index (κ2) is 4.12. The van der Waals surface area contributed by atoms with Crippen LogP contribution in [0.2, 0.25) is 0 Å². The minimum absolute atomic E-state index is 0.117. The number of hydrogen-bond acceptors (Lipinski definition) is 5. The predicted octanol–water partition coefficient (Wildman–Crippen LogP) is 0.215. The largest absolute Gasteiger partial charge is 0.384 e. The van der Waals surface area contributed by atoms with Crippen LogP contribution in [0.4, 0.5) is 11.6 Å². The van der Waals surface area contributed by atoms with Crippen LogP contribution in [0.15, 0.2) is 6.07 Å². The first kappa shape index (κ1) is 11.3. The van der Waals surface area contributed by atoms with Gasteiger partial charge in [0.15, 0.2) is 0 Å². The van der Waals surface area contributed by atoms with Crippen molar-refractivity contribution in [3.63, 3.8) is 0 Å². The van der Waals surface area contributed by atoms with Gasteiger partial charge in [-0.25, -0.2) is 9.97 Å². The van der Waals surface area contributed by atoms with E-state index in [0.29, 0.717) is 18.3 Å². The summed E-state index contributed by atoms with van der Waals surface area (Å²) >= 11 is 0. The molecule has 6 nitrogen and oxygen atoms in total. The van der Waals surface area contributed by atoms with Crippen molar-refractivity contribution in [2.24, 2.45) is 0 Å². The molecule has 0 aromatic carbocycles. The van der Waals surface area contributed by atoms with Crippen LogP contribution in [0, 0.1) is 0 Å². The second-order valence-electron chi connectivity index (χ2n) is 5.02. The molecule has 3 rings (SSSR count). The predicted molar refractivity (Wildman–Crippen MR) is 68.3 cm³/mol. The molecule has 1 saturated heterocycles. The Labute approximate surface area is 106 Å². The van der Waals surface area contributed by atoms with Crippen molar-refractivity contribution >= 4 is 17.5 Å². The number of piperazine rings is 1. The lowest BCUT2D eigenvalue weighted by molar-refractivity contribution is -0.129. The normalized spacial score (nSPS) is 20.4. The summed E-state index contributed by atoms with van der Waals surface area (Å²) in [6, 6.07) is 1.75. The van der Waals surface area contributed by atoms with Crippen LogP contribution in [0.1, 0.15) is 24.6 Å². The lowest BCUT2D eigenvalue weighted by Crippen LogP contribution is -2.48. The zero-order valence-corrected chi connectivity index (χ0v) is 10.5. The molecule has 18 heavy (non-hydrogen) atoms. The Balaban J connectivity index is 1.85. The van der Waals surface area contributed by atoms with Gasteiger partial charge in [0.25, 0.3) is 0 Å². The van der Waals surface area contributed by atoms with E-state index in [1.54, 1.807) is 11.0 Å². The van der Waals surface area contributed by atoms with E-state index in [9.17, 15) is 4.79 Å². The third kappa shape index (κ3) is 2.10. The van der Waals surface area contributed by atoms with Crippen LogP contribution in [-0.2, 0) is 4.79 Å². The first-order valence-corrected chi connectivity index (χ1v) is 6.27. The number of likely N-dealkylation sites (N-methyl/N-ethyl adjacent to an activating group) is 1. The molecule has 0 bridgehead atoms. The lowest BCUT2D eigenvalue weighted by atomic mass is 10.3. The Kier molecular flexibility index (Phi) is 2.57. The van der Waals surface area contributed by atoms with Crippen molar-refractivity contribution in [3.8, 4) is 0 Å². The van der Waals surface area contributed by atoms with E-state index in [1.165, 1.54) is 0 Å². The van der Waals surface area contributed by atoms with Gasteiger partial charge in [0.1, 0.15) is 17.5 Å². The molecule has 1 saturated carbocycles. The molecule has 6 heteroatoms. The average molecular weight is 247 g/mol. The zero-order valence-electron chi connectivity index (χ0n) is 10.5. The standard InChI is InChI=1S/C12H17N5O/c1-16-4-5-17(7-11(16)18)10-6-9(13)14-12(15-10)8-2-3-8/h6,8H,2-5,7H2,1H3,(H2,13,14,15). The molecule has 1 aliphatic carbocycles. The fourth-order valence-corrected chi connectivity index (χ4v) is 2.11. The number of carbonyl (C=O) groups excluding carboxylic acids is 1. The number of nitrogens with zero attached hydrogens (tertiary/aromatic N) is 4. The van der Waals surface area contributed by atoms with E-state index in [2.05, 4.69) is 9.97 Å². The van der Waals surface area contributed by atoms with E-state index in [1.807, 2.05) is 11.9 Å². The molecular weight excluding hydrogens is 230 g/mol. The maximum absolute atomic E-state index is 11.7. The number of carbonyl (C=O) groups is 1. The van der Waals surface area contributed by atoms with Crippen molar-refractivity contribution in [2.75, 3.05) is 37.3 Å². The van der Waals surface area contributed by atoms with Crippen LogP contribution < -0.4 is 10.6 Å². The van der Waals surface area contributed by atoms with Gasteiger partial charge in [-0.15, -0.1) is 0 Å². The van der Waals surface area contributed by atoms with Crippen molar-refractivity contribution in [1.29, 1.82) is 0 Å². The van der Waals surface area contributed by atoms with Gasteiger partial charge in [-0.05, 0) is 12.8 Å². The molecule has 96 valence electrons. The summed E-state index contributed by atoms with van der Waals surface area (Å²) in [4.78, 5) is 24.2. The first-order chi connectivity index (χ1) is 8.63. The van der Waals surface area contributed by atoms with Crippen molar-refractivity contribution in [1.82, 2.24) is 14.9 Å². The van der Waals surface area contributed by atoms with Gasteiger partial charge in [-0.3, -0.25) is 4.79 Å². The molecule has 2 N–H and O–H groups in total. The fourth-order valence-electron chi connectivity index (χ4n) is 2.11. The van der Waals surface area contributed by atoms with Gasteiger partial charge in [0.2, 0.25) is 5.91 Å². The summed E-state index contributed by atoms with van der Waals surface area (Å²) < 4.78 is 0. The number of anilines is 2. The molecule has 2 aliphatic rings. The van der Waals surface area contributed by atoms with Crippen molar-refractivity contribution in [3.05, 3.63) is 11.9 Å². The number of nitrogens with two attached hydrogens (primary N) is 1. The monoisotopic (exact) mass is 247 g/mol. The van der Waals surface area contributed by atoms with Gasteiger partial charge >= 0.3 is 0 Å². The summed E-state index contributed by atoms with van der Waals surface area (Å²) in [5, 5.41) is 0. The molecule has 1 aliphatic heterocycles. The molecule has 1 aromatic heterocycles. The Morgan fingerprint density at radius 2 is 2.11 bits per heavy atom. The average Bonchev–Trinajstić information content (AvgIpc) is 3.16. The summed E-state index contributed by atoms with van der Waals surface area (Å²) in [5.74, 6) is 2.69. The van der Waals surface area contributed by atoms with Crippen LogP contribution in [-0.4, -0.2) is 47.5 Å².